The summed E-state index contributed by atoms with van der Waals surface area (Å²) in [4.78, 5) is 14.5. The molecule has 1 aliphatic rings. The van der Waals surface area contributed by atoms with Crippen LogP contribution in [0, 0.1) is 0 Å². The zero-order chi connectivity index (χ0) is 14.5. The number of Topliss-reactive ketones (excluding diaryl/α,β-unsaturated/α-hetero) is 1. The number of nitrogens with zero attached hydrogens (tertiary/aromatic N) is 1. The van der Waals surface area contributed by atoms with Crippen LogP contribution in [0.3, 0.4) is 0 Å². The summed E-state index contributed by atoms with van der Waals surface area (Å²) >= 11 is 6.17. The van der Waals surface area contributed by atoms with E-state index in [1.54, 1.807) is 18.2 Å². The molecule has 0 aromatic heterocycles. The Labute approximate surface area is 125 Å². The third-order valence-corrected chi connectivity index (χ3v) is 3.73. The summed E-state index contributed by atoms with van der Waals surface area (Å²) in [5.41, 5.74) is 0.664. The van der Waals surface area contributed by atoms with E-state index in [0.717, 1.165) is 13.1 Å². The van der Waals surface area contributed by atoms with Crippen molar-refractivity contribution >= 4 is 17.4 Å². The molecule has 1 saturated heterocycles. The molecule has 0 radical (unpaired) electrons. The maximum absolute atomic E-state index is 12.3. The molecule has 3 nitrogen and oxygen atoms in total. The first-order chi connectivity index (χ1) is 9.56. The average molecular weight is 296 g/mol. The van der Waals surface area contributed by atoms with E-state index in [9.17, 15) is 4.79 Å². The molecule has 0 aliphatic carbocycles. The van der Waals surface area contributed by atoms with Gasteiger partial charge in [0, 0.05) is 5.56 Å². The molecule has 110 valence electrons. The quantitative estimate of drug-likeness (QED) is 0.774. The van der Waals surface area contributed by atoms with E-state index < -0.39 is 0 Å². The first kappa shape index (κ1) is 15.3. The van der Waals surface area contributed by atoms with E-state index in [1.165, 1.54) is 19.3 Å². The first-order valence-electron chi connectivity index (χ1n) is 7.28. The second kappa shape index (κ2) is 7.09. The Kier molecular flexibility index (Phi) is 5.44. The van der Waals surface area contributed by atoms with Gasteiger partial charge in [0.15, 0.2) is 5.78 Å². The number of rotatable bonds is 5. The Balaban J connectivity index is 2.01. The lowest BCUT2D eigenvalue weighted by Crippen LogP contribution is -2.34. The highest BCUT2D eigenvalue weighted by Crippen LogP contribution is 2.26. The SMILES string of the molecule is CC(C)Oc1ccc(C(=O)CN2CCCCC2)cc1Cl. The van der Waals surface area contributed by atoms with Gasteiger partial charge in [0.05, 0.1) is 17.7 Å². The van der Waals surface area contributed by atoms with Crippen LogP contribution in [0.1, 0.15) is 43.5 Å². The van der Waals surface area contributed by atoms with Crippen LogP contribution in [0.5, 0.6) is 5.75 Å². The maximum atomic E-state index is 12.3. The number of hydrogen-bond acceptors (Lipinski definition) is 3. The lowest BCUT2D eigenvalue weighted by molar-refractivity contribution is 0.0915. The molecule has 4 heteroatoms. The van der Waals surface area contributed by atoms with E-state index >= 15 is 0 Å². The van der Waals surface area contributed by atoms with Crippen LogP contribution in [0.4, 0.5) is 0 Å². The number of likely N-dealkylation sites (tertiary alicyclic amines) is 1. The number of piperidine rings is 1. The van der Waals surface area contributed by atoms with E-state index in [2.05, 4.69) is 4.90 Å². The van der Waals surface area contributed by atoms with E-state index in [0.29, 0.717) is 22.9 Å². The highest BCUT2D eigenvalue weighted by molar-refractivity contribution is 6.32. The number of halogens is 1. The first-order valence-corrected chi connectivity index (χ1v) is 7.66. The largest absolute Gasteiger partial charge is 0.489 e. The summed E-state index contributed by atoms with van der Waals surface area (Å²) in [6.45, 7) is 6.43. The predicted molar refractivity (Wildman–Crippen MR) is 81.8 cm³/mol. The Morgan fingerprint density at radius 2 is 2.00 bits per heavy atom. The van der Waals surface area contributed by atoms with Crippen molar-refractivity contribution in [2.24, 2.45) is 0 Å². The summed E-state index contributed by atoms with van der Waals surface area (Å²) in [5, 5.41) is 0.503. The van der Waals surface area contributed by atoms with E-state index in [-0.39, 0.29) is 11.9 Å². The maximum Gasteiger partial charge on any atom is 0.176 e. The molecule has 0 N–H and O–H groups in total. The number of carbonyl (C=O) groups excluding carboxylic acids is 1. The summed E-state index contributed by atoms with van der Waals surface area (Å²) < 4.78 is 5.58. The molecule has 0 spiro atoms. The molecule has 20 heavy (non-hydrogen) atoms. The van der Waals surface area contributed by atoms with Crippen molar-refractivity contribution < 1.29 is 9.53 Å². The zero-order valence-electron chi connectivity index (χ0n) is 12.2. The number of carbonyl (C=O) groups is 1. The Bertz CT molecular complexity index is 468. The Morgan fingerprint density at radius 1 is 1.30 bits per heavy atom. The van der Waals surface area contributed by atoms with E-state index in [4.69, 9.17) is 16.3 Å². The summed E-state index contributed by atoms with van der Waals surface area (Å²) in [6.07, 6.45) is 3.73. The van der Waals surface area contributed by atoms with Crippen LogP contribution in [0.2, 0.25) is 5.02 Å². The summed E-state index contributed by atoms with van der Waals surface area (Å²) in [5.74, 6) is 0.765. The number of benzene rings is 1. The monoisotopic (exact) mass is 295 g/mol. The van der Waals surface area contributed by atoms with Gasteiger partial charge >= 0.3 is 0 Å². The minimum atomic E-state index is 0.0717. The lowest BCUT2D eigenvalue weighted by Gasteiger charge is -2.25. The van der Waals surface area contributed by atoms with Crippen molar-refractivity contribution in [1.82, 2.24) is 4.90 Å². The topological polar surface area (TPSA) is 29.5 Å². The van der Waals surface area contributed by atoms with Crippen molar-refractivity contribution in [3.8, 4) is 5.75 Å². The fourth-order valence-electron chi connectivity index (χ4n) is 2.44. The van der Waals surface area contributed by atoms with Gasteiger partial charge in [0.2, 0.25) is 0 Å². The van der Waals surface area contributed by atoms with Gasteiger partial charge in [-0.3, -0.25) is 9.69 Å². The minimum Gasteiger partial charge on any atom is -0.489 e. The van der Waals surface area contributed by atoms with Crippen molar-refractivity contribution in [2.45, 2.75) is 39.2 Å². The van der Waals surface area contributed by atoms with Gasteiger partial charge in [-0.15, -0.1) is 0 Å². The fourth-order valence-corrected chi connectivity index (χ4v) is 2.66. The molecule has 2 rings (SSSR count). The molecule has 0 unspecified atom stereocenters. The molecule has 0 saturated carbocycles. The highest BCUT2D eigenvalue weighted by atomic mass is 35.5. The van der Waals surface area contributed by atoms with Crippen molar-refractivity contribution in [2.75, 3.05) is 19.6 Å². The molecule has 1 aliphatic heterocycles. The fraction of sp³-hybridized carbons (Fsp3) is 0.562. The van der Waals surface area contributed by atoms with Gasteiger partial charge in [-0.1, -0.05) is 18.0 Å². The number of hydrogen-bond donors (Lipinski definition) is 0. The van der Waals surface area contributed by atoms with Crippen molar-refractivity contribution in [1.29, 1.82) is 0 Å². The van der Waals surface area contributed by atoms with Crippen LogP contribution in [-0.4, -0.2) is 36.4 Å². The third-order valence-electron chi connectivity index (χ3n) is 3.43. The molecule has 0 bridgehead atoms. The minimum absolute atomic E-state index is 0.0717. The van der Waals surface area contributed by atoms with Gasteiger partial charge < -0.3 is 4.74 Å². The van der Waals surface area contributed by atoms with Crippen molar-refractivity contribution in [3.63, 3.8) is 0 Å². The second-order valence-corrected chi connectivity index (χ2v) is 5.98. The average Bonchev–Trinajstić information content (AvgIpc) is 2.41. The number of ether oxygens (including phenoxy) is 1. The third kappa shape index (κ3) is 4.22. The van der Waals surface area contributed by atoms with Gasteiger partial charge in [0.1, 0.15) is 5.75 Å². The zero-order valence-corrected chi connectivity index (χ0v) is 12.9. The molecular weight excluding hydrogens is 274 g/mol. The van der Waals surface area contributed by atoms with Gasteiger partial charge in [0.25, 0.3) is 0 Å². The molecule has 0 amide bonds. The van der Waals surface area contributed by atoms with Crippen LogP contribution in [0.15, 0.2) is 18.2 Å². The molecule has 1 aromatic carbocycles. The lowest BCUT2D eigenvalue weighted by atomic mass is 10.1. The van der Waals surface area contributed by atoms with Crippen LogP contribution in [0.25, 0.3) is 0 Å². The predicted octanol–water partition coefficient (Wildman–Crippen LogP) is 3.80. The molecular formula is C16H22ClNO2. The number of ketones is 1. The smallest absolute Gasteiger partial charge is 0.176 e. The normalized spacial score (nSPS) is 16.4. The van der Waals surface area contributed by atoms with Crippen LogP contribution < -0.4 is 4.74 Å². The Hall–Kier alpha value is -1.06. The van der Waals surface area contributed by atoms with E-state index in [1.807, 2.05) is 13.8 Å². The second-order valence-electron chi connectivity index (χ2n) is 5.57. The van der Waals surface area contributed by atoms with Crippen LogP contribution in [-0.2, 0) is 0 Å². The molecule has 0 atom stereocenters. The summed E-state index contributed by atoms with van der Waals surface area (Å²) in [6, 6.07) is 5.30. The Morgan fingerprint density at radius 3 is 2.60 bits per heavy atom. The summed E-state index contributed by atoms with van der Waals surface area (Å²) in [7, 11) is 0. The van der Waals surface area contributed by atoms with Gasteiger partial charge in [-0.25, -0.2) is 0 Å². The highest BCUT2D eigenvalue weighted by Gasteiger charge is 2.16. The van der Waals surface area contributed by atoms with Gasteiger partial charge in [-0.2, -0.15) is 0 Å². The molecule has 1 aromatic rings. The molecule has 1 heterocycles. The van der Waals surface area contributed by atoms with Gasteiger partial charge in [-0.05, 0) is 58.0 Å². The van der Waals surface area contributed by atoms with Crippen molar-refractivity contribution in [3.05, 3.63) is 28.8 Å². The van der Waals surface area contributed by atoms with Crippen LogP contribution >= 0.6 is 11.6 Å². The molecule has 1 fully saturated rings. The standard InChI is InChI=1S/C16H22ClNO2/c1-12(2)20-16-7-6-13(10-14(16)17)15(19)11-18-8-4-3-5-9-18/h6-7,10,12H,3-5,8-9,11H2,1-2H3.